The number of ether oxygens (including phenoxy) is 2. The van der Waals surface area contributed by atoms with Gasteiger partial charge >= 0.3 is 0 Å². The maximum Gasteiger partial charge on any atom is 0.226 e. The molecule has 5 N–H and O–H groups in total. The molecule has 2 fully saturated rings. The third-order valence-corrected chi connectivity index (χ3v) is 7.87. The quantitative estimate of drug-likeness (QED) is 0.447. The van der Waals surface area contributed by atoms with Crippen LogP contribution in [0.2, 0.25) is 0 Å². The van der Waals surface area contributed by atoms with Crippen LogP contribution in [0.5, 0.6) is 5.75 Å². The normalized spacial score (nSPS) is 23.7. The van der Waals surface area contributed by atoms with Gasteiger partial charge in [-0.05, 0) is 38.8 Å². The summed E-state index contributed by atoms with van der Waals surface area (Å²) in [6, 6.07) is 6.23. The highest BCUT2D eigenvalue weighted by atomic mass is 16.5. The van der Waals surface area contributed by atoms with E-state index in [-0.39, 0.29) is 12.0 Å². The first-order valence-corrected chi connectivity index (χ1v) is 14.0. The van der Waals surface area contributed by atoms with E-state index in [0.29, 0.717) is 11.8 Å². The molecule has 1 saturated heterocycles. The molecule has 39 heavy (non-hydrogen) atoms. The number of morpholine rings is 1. The number of benzene rings is 1. The Bertz CT molecular complexity index is 1300. The average molecular weight is 534 g/mol. The third kappa shape index (κ3) is 5.08. The van der Waals surface area contributed by atoms with Crippen molar-refractivity contribution >= 4 is 28.9 Å². The fourth-order valence-corrected chi connectivity index (χ4v) is 5.97. The largest absolute Gasteiger partial charge is 0.489 e. The molecule has 208 valence electrons. The fraction of sp³-hybridized carbons (Fsp3) is 0.536. The first-order chi connectivity index (χ1) is 18.9. The van der Waals surface area contributed by atoms with E-state index in [2.05, 4.69) is 38.3 Å². The number of rotatable bonds is 6. The van der Waals surface area contributed by atoms with Gasteiger partial charge in [0, 0.05) is 49.6 Å². The number of aryl methyl sites for hydroxylation is 1. The first-order valence-electron chi connectivity index (χ1n) is 14.0. The van der Waals surface area contributed by atoms with Crippen molar-refractivity contribution in [2.75, 3.05) is 36.5 Å². The number of nitrogens with one attached hydrogen (secondary N) is 3. The molecule has 3 aliphatic heterocycles. The van der Waals surface area contributed by atoms with Crippen molar-refractivity contribution in [2.45, 2.75) is 57.7 Å². The molecule has 6 rings (SSSR count). The Hall–Kier alpha value is -3.57. The topological polar surface area (TPSA) is 126 Å². The van der Waals surface area contributed by atoms with E-state index in [9.17, 15) is 0 Å². The van der Waals surface area contributed by atoms with Gasteiger partial charge in [0.05, 0.1) is 42.5 Å². The predicted octanol–water partition coefficient (Wildman–Crippen LogP) is 2.98. The van der Waals surface area contributed by atoms with Crippen molar-refractivity contribution in [2.24, 2.45) is 28.7 Å². The zero-order valence-electron chi connectivity index (χ0n) is 23.0. The molecule has 0 radical (unpaired) electrons. The molecule has 4 aliphatic rings. The van der Waals surface area contributed by atoms with Crippen LogP contribution >= 0.6 is 0 Å². The highest BCUT2D eigenvalue weighted by Crippen LogP contribution is 2.42. The highest BCUT2D eigenvalue weighted by Gasteiger charge is 2.47. The van der Waals surface area contributed by atoms with Crippen molar-refractivity contribution in [1.82, 2.24) is 20.6 Å². The van der Waals surface area contributed by atoms with E-state index >= 15 is 0 Å². The van der Waals surface area contributed by atoms with E-state index in [0.717, 1.165) is 85.9 Å². The van der Waals surface area contributed by atoms with Crippen LogP contribution in [-0.4, -0.2) is 59.6 Å². The summed E-state index contributed by atoms with van der Waals surface area (Å²) in [6.07, 6.45) is 9.42. The van der Waals surface area contributed by atoms with Crippen LogP contribution in [0.15, 0.2) is 46.2 Å². The monoisotopic (exact) mass is 533 g/mol. The van der Waals surface area contributed by atoms with Crippen LogP contribution in [0.1, 0.15) is 51.5 Å². The van der Waals surface area contributed by atoms with E-state index in [1.54, 1.807) is 4.68 Å². The summed E-state index contributed by atoms with van der Waals surface area (Å²) >= 11 is 0. The zero-order valence-corrected chi connectivity index (χ0v) is 23.0. The van der Waals surface area contributed by atoms with E-state index in [4.69, 9.17) is 25.2 Å². The van der Waals surface area contributed by atoms with Gasteiger partial charge in [-0.25, -0.2) is 4.99 Å². The molecule has 0 amide bonds. The predicted molar refractivity (Wildman–Crippen MR) is 154 cm³/mol. The molecule has 0 spiro atoms. The van der Waals surface area contributed by atoms with Gasteiger partial charge in [-0.1, -0.05) is 19.3 Å². The van der Waals surface area contributed by atoms with Gasteiger partial charge in [0.1, 0.15) is 11.4 Å². The summed E-state index contributed by atoms with van der Waals surface area (Å²) in [5.74, 6) is 2.12. The lowest BCUT2D eigenvalue weighted by Crippen LogP contribution is -2.53. The Labute approximate surface area is 229 Å². The van der Waals surface area contributed by atoms with Gasteiger partial charge in [0.15, 0.2) is 5.84 Å². The zero-order chi connectivity index (χ0) is 27.0. The second-order valence-electron chi connectivity index (χ2n) is 11.0. The number of hydrazine groups is 1. The molecule has 1 unspecified atom stereocenters. The minimum atomic E-state index is -0.936. The van der Waals surface area contributed by atoms with Crippen molar-refractivity contribution < 1.29 is 9.47 Å². The van der Waals surface area contributed by atoms with Gasteiger partial charge in [0.2, 0.25) is 5.96 Å². The van der Waals surface area contributed by atoms with E-state index in [1.807, 2.05) is 39.4 Å². The molecule has 0 bridgehead atoms. The Morgan fingerprint density at radius 1 is 1.15 bits per heavy atom. The summed E-state index contributed by atoms with van der Waals surface area (Å²) in [5, 5.41) is 7.82. The molecule has 11 nitrogen and oxygen atoms in total. The molecule has 1 atom stereocenters. The lowest BCUT2D eigenvalue weighted by Gasteiger charge is -2.39. The molecule has 1 aromatic heterocycles. The van der Waals surface area contributed by atoms with Gasteiger partial charge in [-0.3, -0.25) is 15.5 Å². The summed E-state index contributed by atoms with van der Waals surface area (Å²) in [5.41, 5.74) is 17.6. The number of aliphatic imine (C=N–C) groups is 2. The Balaban J connectivity index is 1.37. The third-order valence-electron chi connectivity index (χ3n) is 7.87. The smallest absolute Gasteiger partial charge is 0.226 e. The molecular formula is C28H39N9O2. The second-order valence-corrected chi connectivity index (χ2v) is 11.0. The first kappa shape index (κ1) is 25.7. The molecule has 1 aliphatic carbocycles. The lowest BCUT2D eigenvalue weighted by molar-refractivity contribution is 0.122. The SMILES string of the molecule is CC(C)Oc1cc(N2CCOCC2)ccc1NC1=NC(N)(C2CCCCC2)C2=C(c3cnn(C)c3)NNC2=N1. The van der Waals surface area contributed by atoms with E-state index in [1.165, 1.54) is 6.42 Å². The standard InChI is InChI=1S/C28H39N9O2/c1-18(2)39-23-15-21(37-11-13-38-14-12-37)9-10-22(23)31-27-32-26-24(25(34-35-26)19-16-30-36(3)17-19)28(29,33-27)20-7-5-4-6-8-20/h9-10,15-18,20H,4-8,11-14,29H2,1-3H3,(H3,31,32,33,34,35). The summed E-state index contributed by atoms with van der Waals surface area (Å²) in [6.45, 7) is 7.24. The van der Waals surface area contributed by atoms with Crippen LogP contribution in [0.3, 0.4) is 0 Å². The Morgan fingerprint density at radius 2 is 1.95 bits per heavy atom. The van der Waals surface area contributed by atoms with Crippen LogP contribution in [-0.2, 0) is 11.8 Å². The average Bonchev–Trinajstić information content (AvgIpc) is 3.57. The maximum absolute atomic E-state index is 7.31. The molecule has 1 aromatic carbocycles. The summed E-state index contributed by atoms with van der Waals surface area (Å²) in [4.78, 5) is 12.3. The van der Waals surface area contributed by atoms with Crippen LogP contribution in [0.25, 0.3) is 5.70 Å². The number of guanidine groups is 1. The molecular weight excluding hydrogens is 494 g/mol. The Morgan fingerprint density at radius 3 is 2.67 bits per heavy atom. The number of nitrogens with two attached hydrogens (primary N) is 1. The number of nitrogens with zero attached hydrogens (tertiary/aromatic N) is 5. The molecule has 4 heterocycles. The molecule has 1 saturated carbocycles. The van der Waals surface area contributed by atoms with Crippen molar-refractivity contribution in [3.63, 3.8) is 0 Å². The van der Waals surface area contributed by atoms with Crippen LogP contribution < -0.4 is 31.5 Å². The highest BCUT2D eigenvalue weighted by molar-refractivity contribution is 6.17. The number of hydrogen-bond donors (Lipinski definition) is 4. The number of amidine groups is 1. The van der Waals surface area contributed by atoms with Gasteiger partial charge in [-0.15, -0.1) is 0 Å². The summed E-state index contributed by atoms with van der Waals surface area (Å²) in [7, 11) is 1.91. The van der Waals surface area contributed by atoms with Crippen molar-refractivity contribution in [1.29, 1.82) is 0 Å². The fourth-order valence-electron chi connectivity index (χ4n) is 5.97. The number of hydrogen-bond acceptors (Lipinski definition) is 10. The number of anilines is 2. The summed E-state index contributed by atoms with van der Waals surface area (Å²) < 4.78 is 13.6. The number of fused-ring (bicyclic) bond motifs is 1. The van der Waals surface area contributed by atoms with Gasteiger partial charge in [-0.2, -0.15) is 10.1 Å². The minimum Gasteiger partial charge on any atom is -0.489 e. The van der Waals surface area contributed by atoms with Crippen molar-refractivity contribution in [3.05, 3.63) is 41.7 Å². The maximum atomic E-state index is 7.31. The van der Waals surface area contributed by atoms with Crippen LogP contribution in [0.4, 0.5) is 11.4 Å². The minimum absolute atomic E-state index is 0.0122. The number of aromatic nitrogens is 2. The van der Waals surface area contributed by atoms with Gasteiger partial charge in [0.25, 0.3) is 0 Å². The molecule has 11 heteroatoms. The van der Waals surface area contributed by atoms with Gasteiger partial charge < -0.3 is 25.4 Å². The van der Waals surface area contributed by atoms with Crippen molar-refractivity contribution in [3.8, 4) is 5.75 Å². The molecule has 2 aromatic rings. The van der Waals surface area contributed by atoms with E-state index < -0.39 is 5.66 Å². The lowest BCUT2D eigenvalue weighted by atomic mass is 9.75. The second kappa shape index (κ2) is 10.5. The van der Waals surface area contributed by atoms with Crippen LogP contribution in [0, 0.1) is 5.92 Å². The Kier molecular flexibility index (Phi) is 6.94.